The molecule has 4 bridgehead atoms. The lowest BCUT2D eigenvalue weighted by Gasteiger charge is -2.32. The second kappa shape index (κ2) is 23.2. The zero-order valence-electron chi connectivity index (χ0n) is 37.6. The van der Waals surface area contributed by atoms with E-state index in [9.17, 15) is 24.0 Å². The summed E-state index contributed by atoms with van der Waals surface area (Å²) >= 11 is 0. The lowest BCUT2D eigenvalue weighted by Crippen LogP contribution is -2.56. The van der Waals surface area contributed by atoms with E-state index in [4.69, 9.17) is 31.9 Å². The number of carbonyl (C=O) groups excluding carboxylic acids is 5. The highest BCUT2D eigenvalue weighted by atomic mass is 16.5. The number of carbonyl (C=O) groups is 5. The molecule has 1 aromatic heterocycles. The highest BCUT2D eigenvalue weighted by Crippen LogP contribution is 2.40. The van der Waals surface area contributed by atoms with Crippen LogP contribution < -0.4 is 47.9 Å². The molecule has 10 N–H and O–H groups in total. The SMILES string of the molecule is Cc1cc(-c2ccc(CC(C)C)cc2)cnc1C(=O)N[C@@H](CCN)C(=O)N(C)[C@@H]1C(=O)N[C@@H](C)C(=O)N[C@H](C(=O)NCC#N)Cc2ccc(OCCN)c(c2)-c2cc1ccc2OCCN. The number of pyridine rings is 1. The number of aromatic nitrogens is 1. The van der Waals surface area contributed by atoms with Gasteiger partial charge in [-0.2, -0.15) is 5.26 Å². The Morgan fingerprint density at radius 1 is 0.892 bits per heavy atom. The number of nitriles is 1. The molecule has 1 aliphatic heterocycles. The highest BCUT2D eigenvalue weighted by Gasteiger charge is 2.36. The van der Waals surface area contributed by atoms with Crippen LogP contribution >= 0.6 is 0 Å². The molecule has 344 valence electrons. The summed E-state index contributed by atoms with van der Waals surface area (Å²) in [5.41, 5.74) is 23.3. The van der Waals surface area contributed by atoms with Gasteiger partial charge in [-0.05, 0) is 97.3 Å². The fourth-order valence-corrected chi connectivity index (χ4v) is 7.63. The van der Waals surface area contributed by atoms with Crippen molar-refractivity contribution in [3.8, 4) is 39.8 Å². The largest absolute Gasteiger partial charge is 0.492 e. The molecular weight excluding hydrogens is 829 g/mol. The van der Waals surface area contributed by atoms with E-state index in [1.54, 1.807) is 49.5 Å². The molecule has 17 heteroatoms. The summed E-state index contributed by atoms with van der Waals surface area (Å²) in [5, 5.41) is 19.9. The van der Waals surface area contributed by atoms with Crippen molar-refractivity contribution >= 4 is 29.5 Å². The number of fused-ring (bicyclic) bond motifs is 5. The van der Waals surface area contributed by atoms with E-state index in [1.807, 2.05) is 24.3 Å². The van der Waals surface area contributed by atoms with E-state index >= 15 is 0 Å². The van der Waals surface area contributed by atoms with Crippen molar-refractivity contribution in [2.24, 2.45) is 23.1 Å². The topological polar surface area (TPSA) is 270 Å². The summed E-state index contributed by atoms with van der Waals surface area (Å²) in [6, 6.07) is 17.2. The van der Waals surface area contributed by atoms with Gasteiger partial charge in [0.05, 0.1) is 6.07 Å². The van der Waals surface area contributed by atoms with Gasteiger partial charge < -0.3 is 52.8 Å². The third-order valence-corrected chi connectivity index (χ3v) is 10.8. The van der Waals surface area contributed by atoms with Crippen molar-refractivity contribution in [1.29, 1.82) is 5.26 Å². The summed E-state index contributed by atoms with van der Waals surface area (Å²) in [4.78, 5) is 75.8. The monoisotopic (exact) mass is 888 g/mol. The summed E-state index contributed by atoms with van der Waals surface area (Å²) in [7, 11) is 1.42. The first kappa shape index (κ1) is 49.2. The summed E-state index contributed by atoms with van der Waals surface area (Å²) in [6.07, 6.45) is 2.60. The van der Waals surface area contributed by atoms with Crippen molar-refractivity contribution in [3.63, 3.8) is 0 Å². The van der Waals surface area contributed by atoms with Gasteiger partial charge >= 0.3 is 0 Å². The minimum Gasteiger partial charge on any atom is -0.492 e. The predicted octanol–water partition coefficient (Wildman–Crippen LogP) is 2.43. The van der Waals surface area contributed by atoms with E-state index < -0.39 is 53.7 Å². The Hall–Kier alpha value is -6.87. The number of aryl methyl sites for hydroxylation is 1. The maximum atomic E-state index is 14.6. The van der Waals surface area contributed by atoms with Crippen LogP contribution in [-0.2, 0) is 32.0 Å². The molecule has 2 heterocycles. The van der Waals surface area contributed by atoms with E-state index in [1.165, 1.54) is 24.4 Å². The molecule has 4 aromatic rings. The molecule has 5 amide bonds. The zero-order valence-corrected chi connectivity index (χ0v) is 37.6. The maximum absolute atomic E-state index is 14.6. The van der Waals surface area contributed by atoms with Crippen LogP contribution in [0.5, 0.6) is 11.5 Å². The number of amides is 5. The predicted molar refractivity (Wildman–Crippen MR) is 246 cm³/mol. The maximum Gasteiger partial charge on any atom is 0.270 e. The van der Waals surface area contributed by atoms with E-state index in [2.05, 4.69) is 52.2 Å². The molecule has 0 radical (unpaired) electrons. The van der Waals surface area contributed by atoms with Crippen molar-refractivity contribution in [2.45, 2.75) is 71.1 Å². The van der Waals surface area contributed by atoms with Gasteiger partial charge in [0, 0.05) is 49.4 Å². The van der Waals surface area contributed by atoms with E-state index in [-0.39, 0.29) is 57.9 Å². The van der Waals surface area contributed by atoms with Crippen LogP contribution in [-0.4, -0.2) is 104 Å². The van der Waals surface area contributed by atoms with Crippen LogP contribution in [0.15, 0.2) is 72.9 Å². The molecule has 5 rings (SSSR count). The van der Waals surface area contributed by atoms with Crippen LogP contribution in [0.2, 0.25) is 0 Å². The Balaban J connectivity index is 1.55. The van der Waals surface area contributed by atoms with Gasteiger partial charge in [0.25, 0.3) is 5.91 Å². The molecule has 0 unspecified atom stereocenters. The number of nitrogens with two attached hydrogens (primary N) is 3. The van der Waals surface area contributed by atoms with Crippen LogP contribution in [0, 0.1) is 24.2 Å². The summed E-state index contributed by atoms with van der Waals surface area (Å²) in [5.74, 6) is -2.01. The number of nitrogens with one attached hydrogen (secondary N) is 4. The minimum absolute atomic E-state index is 0.00613. The number of rotatable bonds is 17. The van der Waals surface area contributed by atoms with Crippen molar-refractivity contribution in [1.82, 2.24) is 31.2 Å². The average molecular weight is 889 g/mol. The van der Waals surface area contributed by atoms with Gasteiger partial charge in [-0.15, -0.1) is 0 Å². The first-order valence-electron chi connectivity index (χ1n) is 21.7. The Morgan fingerprint density at radius 3 is 2.17 bits per heavy atom. The molecule has 0 aliphatic carbocycles. The number of hydrogen-bond donors (Lipinski definition) is 7. The molecule has 0 fully saturated rings. The summed E-state index contributed by atoms with van der Waals surface area (Å²) < 4.78 is 12.2. The fourth-order valence-electron chi connectivity index (χ4n) is 7.63. The van der Waals surface area contributed by atoms with Gasteiger partial charge in [-0.3, -0.25) is 29.0 Å². The van der Waals surface area contributed by atoms with Crippen LogP contribution in [0.3, 0.4) is 0 Å². The zero-order chi connectivity index (χ0) is 47.2. The Morgan fingerprint density at radius 2 is 1.55 bits per heavy atom. The minimum atomic E-state index is -1.39. The normalized spacial score (nSPS) is 16.5. The Kier molecular flexibility index (Phi) is 17.5. The van der Waals surface area contributed by atoms with Crippen LogP contribution in [0.4, 0.5) is 0 Å². The van der Waals surface area contributed by atoms with Gasteiger partial charge in [0.1, 0.15) is 61.1 Å². The number of benzene rings is 3. The van der Waals surface area contributed by atoms with Gasteiger partial charge in [-0.25, -0.2) is 0 Å². The average Bonchev–Trinajstić information content (AvgIpc) is 3.28. The Labute approximate surface area is 379 Å². The van der Waals surface area contributed by atoms with Crippen LogP contribution in [0.1, 0.15) is 66.0 Å². The van der Waals surface area contributed by atoms with Crippen molar-refractivity contribution < 1.29 is 33.4 Å². The first-order valence-corrected chi connectivity index (χ1v) is 21.7. The van der Waals surface area contributed by atoms with Gasteiger partial charge in [0.2, 0.25) is 23.6 Å². The second-order valence-corrected chi connectivity index (χ2v) is 16.4. The van der Waals surface area contributed by atoms with E-state index in [0.29, 0.717) is 45.2 Å². The van der Waals surface area contributed by atoms with E-state index in [0.717, 1.165) is 17.5 Å². The smallest absolute Gasteiger partial charge is 0.270 e. The number of hydrogen-bond acceptors (Lipinski definition) is 12. The lowest BCUT2D eigenvalue weighted by atomic mass is 9.93. The number of likely N-dealkylation sites (N-methyl/N-ethyl adjacent to an activating group) is 1. The van der Waals surface area contributed by atoms with Crippen LogP contribution in [0.25, 0.3) is 22.3 Å². The quantitative estimate of drug-likeness (QED) is 0.0754. The molecule has 0 spiro atoms. The van der Waals surface area contributed by atoms with Gasteiger partial charge in [0.15, 0.2) is 0 Å². The molecule has 0 saturated carbocycles. The van der Waals surface area contributed by atoms with Crippen molar-refractivity contribution in [3.05, 3.63) is 101 Å². The molecular formula is C48H60N10O7. The van der Waals surface area contributed by atoms with Gasteiger partial charge in [-0.1, -0.05) is 50.2 Å². The molecule has 1 aliphatic rings. The standard InChI is InChI=1S/C48H60N10O7/c1-28(2)22-31-6-9-33(10-7-31)35-23-29(3)42(54-27-35)46(61)56-38(14-15-49)48(63)58(5)43-34-11-13-41(65-21-18-52)37(26-34)36-24-32(8-12-40(36)64-20-17-51)25-39(45(60)53-19-16-50)57-44(59)30(4)55-47(43)62/h6-13,23-24,26-28,30,38-39,43H,14-15,17-22,25,49,51-52H2,1-5H3,(H,53,60)(H,55,62)(H,56,61)(H,57,59)/t30-,38-,39-,43-/m0/s1. The second-order valence-electron chi connectivity index (χ2n) is 16.4. The molecule has 4 atom stereocenters. The van der Waals surface area contributed by atoms with Crippen molar-refractivity contribution in [2.75, 3.05) is 46.4 Å². The molecule has 3 aromatic carbocycles. The third kappa shape index (κ3) is 12.7. The lowest BCUT2D eigenvalue weighted by molar-refractivity contribution is -0.141. The number of ether oxygens (including phenoxy) is 2. The highest BCUT2D eigenvalue weighted by molar-refractivity contribution is 5.99. The number of nitrogens with zero attached hydrogens (tertiary/aromatic N) is 3. The molecule has 65 heavy (non-hydrogen) atoms. The fraction of sp³-hybridized carbons (Fsp3) is 0.396. The Bertz CT molecular complexity index is 2380. The first-order chi connectivity index (χ1) is 31.2. The third-order valence-electron chi connectivity index (χ3n) is 10.8. The molecule has 0 saturated heterocycles. The molecule has 17 nitrogen and oxygen atoms in total. The summed E-state index contributed by atoms with van der Waals surface area (Å²) in [6.45, 7) is 7.95.